The molecule has 5 heteroatoms. The van der Waals surface area contributed by atoms with Gasteiger partial charge in [-0.25, -0.2) is 4.39 Å². The van der Waals surface area contributed by atoms with Gasteiger partial charge in [-0.2, -0.15) is 0 Å². The van der Waals surface area contributed by atoms with Crippen LogP contribution < -0.4 is 11.1 Å². The second kappa shape index (κ2) is 6.24. The number of nitrogens with two attached hydrogens (primary N) is 1. The van der Waals surface area contributed by atoms with Crippen LogP contribution in [0.1, 0.15) is 36.6 Å². The van der Waals surface area contributed by atoms with Gasteiger partial charge in [0.15, 0.2) is 0 Å². The number of hydrogen-bond acceptors (Lipinski definition) is 2. The fourth-order valence-corrected chi connectivity index (χ4v) is 5.03. The lowest BCUT2D eigenvalue weighted by atomic mass is 9.88. The zero-order valence-electron chi connectivity index (χ0n) is 13.3. The van der Waals surface area contributed by atoms with Crippen molar-refractivity contribution in [3.63, 3.8) is 0 Å². The van der Waals surface area contributed by atoms with Crippen LogP contribution in [0.4, 0.5) is 4.39 Å². The van der Waals surface area contributed by atoms with Crippen molar-refractivity contribution in [3.8, 4) is 0 Å². The van der Waals surface area contributed by atoms with Gasteiger partial charge in [0.2, 0.25) is 0 Å². The van der Waals surface area contributed by atoms with Crippen LogP contribution in [0, 0.1) is 11.8 Å². The summed E-state index contributed by atoms with van der Waals surface area (Å²) in [5.74, 6) is 0.493. The van der Waals surface area contributed by atoms with Crippen molar-refractivity contribution in [2.75, 3.05) is 6.54 Å². The summed E-state index contributed by atoms with van der Waals surface area (Å²) in [5, 5.41) is 4.17. The first-order valence-electron chi connectivity index (χ1n) is 8.22. The molecule has 0 aromatic heterocycles. The van der Waals surface area contributed by atoms with Crippen LogP contribution in [0.5, 0.6) is 0 Å². The second-order valence-corrected chi connectivity index (χ2v) is 8.31. The fraction of sp³-hybridized carbons (Fsp3) is 0.368. The zero-order valence-corrected chi connectivity index (χ0v) is 16.2. The zero-order chi connectivity index (χ0) is 17.0. The van der Waals surface area contributed by atoms with Crippen LogP contribution in [0.3, 0.4) is 0 Å². The third kappa shape index (κ3) is 2.68. The molecule has 126 valence electrons. The molecule has 0 radical (unpaired) electrons. The van der Waals surface area contributed by atoms with Crippen molar-refractivity contribution in [1.82, 2.24) is 5.32 Å². The number of halogens is 3. The molecule has 0 spiro atoms. The molecule has 1 heterocycles. The first-order chi connectivity index (χ1) is 11.5. The van der Waals surface area contributed by atoms with Gasteiger partial charge in [-0.3, -0.25) is 0 Å². The third-order valence-electron chi connectivity index (χ3n) is 5.30. The highest BCUT2D eigenvalue weighted by Gasteiger charge is 2.46. The monoisotopic (exact) mass is 456 g/mol. The van der Waals surface area contributed by atoms with Crippen LogP contribution in [-0.2, 0) is 0 Å². The van der Waals surface area contributed by atoms with Crippen LogP contribution in [0.2, 0.25) is 5.02 Å². The van der Waals surface area contributed by atoms with Gasteiger partial charge < -0.3 is 11.1 Å². The Balaban J connectivity index is 1.88. The van der Waals surface area contributed by atoms with E-state index in [0.29, 0.717) is 17.5 Å². The average Bonchev–Trinajstić information content (AvgIpc) is 3.33. The summed E-state index contributed by atoms with van der Waals surface area (Å²) in [6.07, 6.45) is 5.18. The molecule has 3 N–H and O–H groups in total. The Labute approximate surface area is 160 Å². The highest BCUT2D eigenvalue weighted by molar-refractivity contribution is 14.1. The summed E-state index contributed by atoms with van der Waals surface area (Å²) in [7, 11) is 0. The first kappa shape index (κ1) is 16.8. The molecule has 2 aliphatic carbocycles. The summed E-state index contributed by atoms with van der Waals surface area (Å²) < 4.78 is 16.0. The van der Waals surface area contributed by atoms with E-state index in [1.54, 1.807) is 0 Å². The van der Waals surface area contributed by atoms with E-state index in [-0.39, 0.29) is 23.8 Å². The lowest BCUT2D eigenvalue weighted by Gasteiger charge is -2.25. The van der Waals surface area contributed by atoms with E-state index in [9.17, 15) is 0 Å². The number of benzene rings is 1. The molecule has 0 saturated heterocycles. The first-order valence-corrected chi connectivity index (χ1v) is 9.67. The van der Waals surface area contributed by atoms with E-state index < -0.39 is 0 Å². The van der Waals surface area contributed by atoms with Crippen LogP contribution in [0.25, 0.3) is 0 Å². The molecule has 3 aliphatic rings. The van der Waals surface area contributed by atoms with Crippen LogP contribution in [0.15, 0.2) is 50.9 Å². The van der Waals surface area contributed by atoms with Gasteiger partial charge in [0.05, 0.1) is 12.1 Å². The van der Waals surface area contributed by atoms with Crippen molar-refractivity contribution < 1.29 is 4.39 Å². The molecule has 4 unspecified atom stereocenters. The number of nitrogens with one attached hydrogen (secondary N) is 1. The normalized spacial score (nSPS) is 33.7. The van der Waals surface area contributed by atoms with Crippen molar-refractivity contribution in [2.24, 2.45) is 17.6 Å². The smallest absolute Gasteiger partial charge is 0.110 e. The summed E-state index contributed by atoms with van der Waals surface area (Å²) in [4.78, 5) is 0. The summed E-state index contributed by atoms with van der Waals surface area (Å²) >= 11 is 8.51. The van der Waals surface area contributed by atoms with E-state index >= 15 is 4.39 Å². The highest BCUT2D eigenvalue weighted by Crippen LogP contribution is 2.55. The Morgan fingerprint density at radius 1 is 1.38 bits per heavy atom. The summed E-state index contributed by atoms with van der Waals surface area (Å²) in [6.45, 7) is 2.63. The molecular weight excluding hydrogens is 438 g/mol. The predicted molar refractivity (Wildman–Crippen MR) is 105 cm³/mol. The van der Waals surface area contributed by atoms with Gasteiger partial charge >= 0.3 is 0 Å². The molecule has 1 aromatic rings. The quantitative estimate of drug-likeness (QED) is 0.454. The molecule has 4 rings (SSSR count). The summed E-state index contributed by atoms with van der Waals surface area (Å²) in [6, 6.07) is 5.35. The Kier molecular flexibility index (Phi) is 4.35. The number of rotatable bonds is 1. The molecule has 1 aliphatic heterocycles. The molecule has 2 nitrogen and oxygen atoms in total. The van der Waals surface area contributed by atoms with Crippen molar-refractivity contribution in [3.05, 3.63) is 67.1 Å². The van der Waals surface area contributed by atoms with Crippen LogP contribution >= 0.6 is 34.2 Å². The van der Waals surface area contributed by atoms with Gasteiger partial charge in [-0.1, -0.05) is 29.8 Å². The minimum Gasteiger partial charge on any atom is -0.320 e. The van der Waals surface area contributed by atoms with E-state index in [4.69, 9.17) is 17.3 Å². The minimum atomic E-state index is -0.216. The molecule has 4 atom stereocenters. The molecule has 1 saturated carbocycles. The lowest BCUT2D eigenvalue weighted by molar-refractivity contribution is 0.524. The van der Waals surface area contributed by atoms with E-state index in [2.05, 4.69) is 34.0 Å². The van der Waals surface area contributed by atoms with Crippen molar-refractivity contribution in [1.29, 1.82) is 0 Å². The van der Waals surface area contributed by atoms with E-state index in [1.165, 1.54) is 0 Å². The molecule has 1 aromatic carbocycles. The van der Waals surface area contributed by atoms with Gasteiger partial charge in [-0.15, -0.1) is 0 Å². The Morgan fingerprint density at radius 2 is 2.17 bits per heavy atom. The fourth-order valence-electron chi connectivity index (χ4n) is 3.82. The average molecular weight is 457 g/mol. The number of hydrogen-bond donors (Lipinski definition) is 2. The maximum atomic E-state index is 15.0. The minimum absolute atomic E-state index is 0.0350. The Morgan fingerprint density at radius 3 is 2.92 bits per heavy atom. The Hall–Kier alpha value is -0.690. The molecule has 0 amide bonds. The Bertz CT molecular complexity index is 799. The highest BCUT2D eigenvalue weighted by atomic mass is 127. The topological polar surface area (TPSA) is 38.0 Å². The van der Waals surface area contributed by atoms with Gasteiger partial charge in [-0.05, 0) is 70.7 Å². The van der Waals surface area contributed by atoms with Gasteiger partial charge in [0.1, 0.15) is 5.83 Å². The molecule has 1 fully saturated rings. The van der Waals surface area contributed by atoms with E-state index in [0.717, 1.165) is 32.3 Å². The van der Waals surface area contributed by atoms with Crippen molar-refractivity contribution >= 4 is 34.2 Å². The largest absolute Gasteiger partial charge is 0.320 e. The SMILES string of the molecule is C/C=C1/CNC(C2=C(F)C3CC3C=C2I)c2cc(Cl)ccc2C1N. The summed E-state index contributed by atoms with van der Waals surface area (Å²) in [5.41, 5.74) is 10.4. The molecular formula is C19H19ClFIN2. The maximum absolute atomic E-state index is 15.0. The maximum Gasteiger partial charge on any atom is 0.110 e. The van der Waals surface area contributed by atoms with Crippen LogP contribution in [-0.4, -0.2) is 6.54 Å². The molecule has 0 bridgehead atoms. The second-order valence-electron chi connectivity index (χ2n) is 6.71. The van der Waals surface area contributed by atoms with Gasteiger partial charge in [0, 0.05) is 26.6 Å². The molecule has 24 heavy (non-hydrogen) atoms. The number of allylic oxidation sites excluding steroid dienone is 3. The predicted octanol–water partition coefficient (Wildman–Crippen LogP) is 5.12. The third-order valence-corrected chi connectivity index (χ3v) is 6.48. The van der Waals surface area contributed by atoms with E-state index in [1.807, 2.05) is 31.2 Å². The lowest BCUT2D eigenvalue weighted by Crippen LogP contribution is -2.25. The number of fused-ring (bicyclic) bond motifs is 2. The standard InChI is InChI=1S/C19H19ClFIN2/c1-2-9-8-24-19(14-7-11(20)3-4-12(14)18(9)23)16-15(22)6-10-5-13(10)17(16)21/h2-4,6-7,10,13,18-19,24H,5,8,23H2,1H3/b9-2-. The van der Waals surface area contributed by atoms with Crippen molar-refractivity contribution in [2.45, 2.75) is 25.4 Å². The van der Waals surface area contributed by atoms with Gasteiger partial charge in [0.25, 0.3) is 0 Å².